The first-order chi connectivity index (χ1) is 5.72. The summed E-state index contributed by atoms with van der Waals surface area (Å²) in [5.74, 6) is 0.892. The molecule has 0 fully saturated rings. The zero-order valence-electron chi connectivity index (χ0n) is 7.58. The van der Waals surface area contributed by atoms with Gasteiger partial charge in [0.25, 0.3) is 0 Å². The maximum absolute atomic E-state index is 5.40. The summed E-state index contributed by atoms with van der Waals surface area (Å²) < 4.78 is 5.05. The van der Waals surface area contributed by atoms with Gasteiger partial charge in [-0.1, -0.05) is 5.16 Å². The topological polar surface area (TPSA) is 55.3 Å². The van der Waals surface area contributed by atoms with Gasteiger partial charge >= 0.3 is 0 Å². The number of aromatic nitrogens is 1. The predicted octanol–water partition coefficient (Wildman–Crippen LogP) is 0.374. The third kappa shape index (κ3) is 2.64. The molecular formula is C8H15N3O. The lowest BCUT2D eigenvalue weighted by Gasteiger charge is -2.11. The summed E-state index contributed by atoms with van der Waals surface area (Å²) in [5.41, 5.74) is 6.32. The van der Waals surface area contributed by atoms with E-state index >= 15 is 0 Å². The average Bonchev–Trinajstić information content (AvgIpc) is 2.36. The lowest BCUT2D eigenvalue weighted by molar-refractivity contribution is 0.277. The fourth-order valence-corrected chi connectivity index (χ4v) is 1.06. The van der Waals surface area contributed by atoms with E-state index < -0.39 is 0 Å². The van der Waals surface area contributed by atoms with Crippen molar-refractivity contribution < 1.29 is 4.52 Å². The second-order valence-corrected chi connectivity index (χ2v) is 2.96. The summed E-state index contributed by atoms with van der Waals surface area (Å²) in [7, 11) is 2.00. The number of aryl methyl sites for hydroxylation is 1. The van der Waals surface area contributed by atoms with Crippen LogP contribution in [0.4, 0.5) is 0 Å². The summed E-state index contributed by atoms with van der Waals surface area (Å²) in [4.78, 5) is 2.10. The van der Waals surface area contributed by atoms with E-state index in [4.69, 9.17) is 10.3 Å². The highest BCUT2D eigenvalue weighted by molar-refractivity contribution is 5.02. The lowest BCUT2D eigenvalue weighted by Crippen LogP contribution is -2.24. The van der Waals surface area contributed by atoms with E-state index in [1.165, 1.54) is 0 Å². The van der Waals surface area contributed by atoms with E-state index in [1.54, 1.807) is 0 Å². The first kappa shape index (κ1) is 9.22. The van der Waals surface area contributed by atoms with E-state index in [-0.39, 0.29) is 0 Å². The van der Waals surface area contributed by atoms with Crippen molar-refractivity contribution in [3.8, 4) is 0 Å². The molecule has 0 unspecified atom stereocenters. The van der Waals surface area contributed by atoms with Crippen LogP contribution in [0.5, 0.6) is 0 Å². The van der Waals surface area contributed by atoms with Crippen LogP contribution in [0.15, 0.2) is 10.6 Å². The Kier molecular flexibility index (Phi) is 3.25. The summed E-state index contributed by atoms with van der Waals surface area (Å²) in [6, 6.07) is 1.94. The second kappa shape index (κ2) is 4.23. The minimum absolute atomic E-state index is 0.670. The van der Waals surface area contributed by atoms with Gasteiger partial charge in [-0.05, 0) is 14.0 Å². The van der Waals surface area contributed by atoms with Crippen LogP contribution in [0.2, 0.25) is 0 Å². The zero-order chi connectivity index (χ0) is 8.97. The number of nitrogens with two attached hydrogens (primary N) is 1. The number of likely N-dealkylation sites (N-methyl/N-ethyl adjacent to an activating group) is 1. The van der Waals surface area contributed by atoms with Gasteiger partial charge in [-0.15, -0.1) is 0 Å². The van der Waals surface area contributed by atoms with Gasteiger partial charge in [0.2, 0.25) is 0 Å². The molecule has 1 aromatic rings. The molecule has 0 aliphatic heterocycles. The van der Waals surface area contributed by atoms with Gasteiger partial charge in [-0.25, -0.2) is 0 Å². The van der Waals surface area contributed by atoms with Gasteiger partial charge in [-0.3, -0.25) is 4.90 Å². The van der Waals surface area contributed by atoms with Gasteiger partial charge in [0.15, 0.2) is 5.76 Å². The van der Waals surface area contributed by atoms with Crippen LogP contribution in [0.25, 0.3) is 0 Å². The highest BCUT2D eigenvalue weighted by atomic mass is 16.5. The van der Waals surface area contributed by atoms with Crippen LogP contribution >= 0.6 is 0 Å². The second-order valence-electron chi connectivity index (χ2n) is 2.96. The molecule has 0 bridgehead atoms. The predicted molar refractivity (Wildman–Crippen MR) is 46.6 cm³/mol. The molecule has 4 heteroatoms. The van der Waals surface area contributed by atoms with Crippen LogP contribution in [0.3, 0.4) is 0 Å². The van der Waals surface area contributed by atoms with Crippen molar-refractivity contribution in [2.75, 3.05) is 20.1 Å². The van der Waals surface area contributed by atoms with Crippen molar-refractivity contribution in [3.05, 3.63) is 17.5 Å². The van der Waals surface area contributed by atoms with Crippen molar-refractivity contribution in [3.63, 3.8) is 0 Å². The van der Waals surface area contributed by atoms with E-state index in [1.807, 2.05) is 20.0 Å². The highest BCUT2D eigenvalue weighted by Crippen LogP contribution is 2.04. The first-order valence-corrected chi connectivity index (χ1v) is 4.03. The summed E-state index contributed by atoms with van der Waals surface area (Å²) in [5, 5.41) is 3.80. The summed E-state index contributed by atoms with van der Waals surface area (Å²) >= 11 is 0. The van der Waals surface area contributed by atoms with Gasteiger partial charge in [0.1, 0.15) is 0 Å². The Bertz CT molecular complexity index is 234. The van der Waals surface area contributed by atoms with Crippen molar-refractivity contribution in [1.82, 2.24) is 10.1 Å². The molecule has 2 N–H and O–H groups in total. The molecule has 12 heavy (non-hydrogen) atoms. The van der Waals surface area contributed by atoms with Gasteiger partial charge < -0.3 is 10.3 Å². The molecule has 68 valence electrons. The monoisotopic (exact) mass is 169 g/mol. The Morgan fingerprint density at radius 2 is 2.42 bits per heavy atom. The van der Waals surface area contributed by atoms with Crippen LogP contribution < -0.4 is 5.73 Å². The smallest absolute Gasteiger partial charge is 0.150 e. The van der Waals surface area contributed by atoms with Gasteiger partial charge in [0.05, 0.1) is 12.2 Å². The molecule has 0 aromatic carbocycles. The molecule has 0 spiro atoms. The minimum Gasteiger partial charge on any atom is -0.360 e. The molecule has 0 saturated heterocycles. The van der Waals surface area contributed by atoms with E-state index in [0.29, 0.717) is 6.54 Å². The number of rotatable bonds is 4. The summed E-state index contributed by atoms with van der Waals surface area (Å²) in [6.45, 7) is 4.23. The third-order valence-electron chi connectivity index (χ3n) is 1.61. The van der Waals surface area contributed by atoms with Gasteiger partial charge in [-0.2, -0.15) is 0 Å². The molecule has 0 aliphatic rings. The Balaban J connectivity index is 2.41. The molecule has 0 amide bonds. The molecule has 1 aromatic heterocycles. The van der Waals surface area contributed by atoms with Crippen LogP contribution in [0.1, 0.15) is 11.5 Å². The molecule has 0 atom stereocenters. The molecule has 1 heterocycles. The standard InChI is InChI=1S/C8H15N3O/c1-7-5-8(12-10-7)6-11(2)4-3-9/h5H,3-4,6,9H2,1-2H3. The quantitative estimate of drug-likeness (QED) is 0.707. The molecule has 4 nitrogen and oxygen atoms in total. The number of hydrogen-bond donors (Lipinski definition) is 1. The Labute approximate surface area is 72.3 Å². The fraction of sp³-hybridized carbons (Fsp3) is 0.625. The van der Waals surface area contributed by atoms with Gasteiger partial charge in [0, 0.05) is 19.2 Å². The molecule has 0 aliphatic carbocycles. The Morgan fingerprint density at radius 1 is 1.67 bits per heavy atom. The van der Waals surface area contributed by atoms with E-state index in [0.717, 1.165) is 24.5 Å². The van der Waals surface area contributed by atoms with Crippen LogP contribution in [-0.2, 0) is 6.54 Å². The van der Waals surface area contributed by atoms with Crippen molar-refractivity contribution in [1.29, 1.82) is 0 Å². The molecule has 1 rings (SSSR count). The number of hydrogen-bond acceptors (Lipinski definition) is 4. The van der Waals surface area contributed by atoms with Crippen LogP contribution in [0, 0.1) is 6.92 Å². The molecule has 0 radical (unpaired) electrons. The lowest BCUT2D eigenvalue weighted by atomic mass is 10.3. The maximum atomic E-state index is 5.40. The fourth-order valence-electron chi connectivity index (χ4n) is 1.06. The average molecular weight is 169 g/mol. The maximum Gasteiger partial charge on any atom is 0.150 e. The Hall–Kier alpha value is -0.870. The molecule has 0 saturated carbocycles. The number of nitrogens with zero attached hydrogens (tertiary/aromatic N) is 2. The molecular weight excluding hydrogens is 154 g/mol. The summed E-state index contributed by atoms with van der Waals surface area (Å²) in [6.07, 6.45) is 0. The van der Waals surface area contributed by atoms with Crippen molar-refractivity contribution >= 4 is 0 Å². The minimum atomic E-state index is 0.670. The third-order valence-corrected chi connectivity index (χ3v) is 1.61. The largest absolute Gasteiger partial charge is 0.360 e. The van der Waals surface area contributed by atoms with Crippen LogP contribution in [-0.4, -0.2) is 30.2 Å². The van der Waals surface area contributed by atoms with Crippen molar-refractivity contribution in [2.24, 2.45) is 5.73 Å². The first-order valence-electron chi connectivity index (χ1n) is 4.03. The van der Waals surface area contributed by atoms with E-state index in [9.17, 15) is 0 Å². The van der Waals surface area contributed by atoms with Crippen molar-refractivity contribution in [2.45, 2.75) is 13.5 Å². The Morgan fingerprint density at radius 3 is 2.92 bits per heavy atom. The SMILES string of the molecule is Cc1cc(CN(C)CCN)on1. The van der Waals surface area contributed by atoms with E-state index in [2.05, 4.69) is 10.1 Å². The zero-order valence-corrected chi connectivity index (χ0v) is 7.58. The normalized spacial score (nSPS) is 11.0. The highest BCUT2D eigenvalue weighted by Gasteiger charge is 2.03.